The molecule has 2 N–H and O–H groups in total. The highest BCUT2D eigenvalue weighted by Gasteiger charge is 2.12. The third-order valence-corrected chi connectivity index (χ3v) is 3.53. The normalized spacial score (nSPS) is 10.6. The summed E-state index contributed by atoms with van der Waals surface area (Å²) < 4.78 is 5.35. The van der Waals surface area contributed by atoms with Crippen LogP contribution in [0.3, 0.4) is 0 Å². The lowest BCUT2D eigenvalue weighted by Crippen LogP contribution is -2.20. The van der Waals surface area contributed by atoms with E-state index in [2.05, 4.69) is 5.32 Å². The minimum absolute atomic E-state index is 0.120. The van der Waals surface area contributed by atoms with E-state index in [4.69, 9.17) is 33.0 Å². The van der Waals surface area contributed by atoms with Crippen molar-refractivity contribution in [3.63, 3.8) is 0 Å². The highest BCUT2D eigenvalue weighted by Crippen LogP contribution is 2.20. The first-order valence-electron chi connectivity index (χ1n) is 6.38. The fourth-order valence-corrected chi connectivity index (χ4v) is 2.42. The summed E-state index contributed by atoms with van der Waals surface area (Å²) in [6.45, 7) is 0. The zero-order chi connectivity index (χ0) is 15.7. The van der Waals surface area contributed by atoms with Crippen LogP contribution in [0.1, 0.15) is 10.4 Å². The average Bonchev–Trinajstić information content (AvgIpc) is 2.47. The van der Waals surface area contributed by atoms with Gasteiger partial charge in [-0.25, -0.2) is 0 Å². The van der Waals surface area contributed by atoms with E-state index in [1.165, 1.54) is 0 Å². The molecule has 1 amide bonds. The first kappa shape index (κ1) is 14.6. The van der Waals surface area contributed by atoms with Crippen molar-refractivity contribution in [3.05, 3.63) is 69.7 Å². The molecule has 0 bridgehead atoms. The van der Waals surface area contributed by atoms with Crippen molar-refractivity contribution >= 4 is 45.8 Å². The van der Waals surface area contributed by atoms with Crippen molar-refractivity contribution in [1.29, 1.82) is 5.41 Å². The van der Waals surface area contributed by atoms with Gasteiger partial charge in [0.2, 0.25) is 5.55 Å². The van der Waals surface area contributed by atoms with Gasteiger partial charge in [-0.05, 0) is 42.5 Å². The molecule has 0 aliphatic heterocycles. The molecule has 0 radical (unpaired) electrons. The Bertz CT molecular complexity index is 935. The maximum absolute atomic E-state index is 12.3. The van der Waals surface area contributed by atoms with Crippen LogP contribution in [0.25, 0.3) is 11.0 Å². The number of anilines is 1. The predicted octanol–water partition coefficient (Wildman–Crippen LogP) is 4.47. The van der Waals surface area contributed by atoms with E-state index in [1.54, 1.807) is 48.5 Å². The molecule has 3 rings (SSSR count). The Labute approximate surface area is 135 Å². The van der Waals surface area contributed by atoms with Crippen LogP contribution in [0, 0.1) is 5.41 Å². The van der Waals surface area contributed by atoms with Gasteiger partial charge in [0.25, 0.3) is 5.91 Å². The molecule has 4 nitrogen and oxygen atoms in total. The summed E-state index contributed by atoms with van der Waals surface area (Å²) in [5.74, 6) is -0.446. The number of fused-ring (bicyclic) bond motifs is 1. The lowest BCUT2D eigenvalue weighted by Gasteiger charge is -2.06. The third kappa shape index (κ3) is 2.98. The number of hydrogen-bond donors (Lipinski definition) is 2. The highest BCUT2D eigenvalue weighted by molar-refractivity contribution is 6.31. The third-order valence-electron chi connectivity index (χ3n) is 3.06. The summed E-state index contributed by atoms with van der Waals surface area (Å²) in [5.41, 5.74) is 0.945. The van der Waals surface area contributed by atoms with E-state index in [0.717, 1.165) is 0 Å². The van der Waals surface area contributed by atoms with Crippen LogP contribution >= 0.6 is 23.2 Å². The maximum Gasteiger partial charge on any atom is 0.261 e. The summed E-state index contributed by atoms with van der Waals surface area (Å²) in [5, 5.41) is 12.2. The quantitative estimate of drug-likeness (QED) is 0.726. The summed E-state index contributed by atoms with van der Waals surface area (Å²) in [6.07, 6.45) is 0. The van der Waals surface area contributed by atoms with Gasteiger partial charge in [-0.3, -0.25) is 10.2 Å². The molecule has 0 spiro atoms. The van der Waals surface area contributed by atoms with Gasteiger partial charge in [0.15, 0.2) is 0 Å². The van der Waals surface area contributed by atoms with Gasteiger partial charge in [0.05, 0.1) is 0 Å². The standard InChI is InChI=1S/C16H10Cl2N2O2/c17-10-2-1-3-12(8-10)20-16(21)13-7-9-6-11(18)4-5-14(9)22-15(13)19/h1-8,19H,(H,20,21). The molecule has 22 heavy (non-hydrogen) atoms. The van der Waals surface area contributed by atoms with E-state index in [-0.39, 0.29) is 11.1 Å². The Morgan fingerprint density at radius 1 is 1.05 bits per heavy atom. The van der Waals surface area contributed by atoms with Crippen LogP contribution in [-0.2, 0) is 0 Å². The fraction of sp³-hybridized carbons (Fsp3) is 0. The second-order valence-corrected chi connectivity index (χ2v) is 5.51. The van der Waals surface area contributed by atoms with Crippen LogP contribution in [0.4, 0.5) is 5.69 Å². The molecular formula is C16H10Cl2N2O2. The van der Waals surface area contributed by atoms with Gasteiger partial charge < -0.3 is 9.73 Å². The first-order valence-corrected chi connectivity index (χ1v) is 7.13. The van der Waals surface area contributed by atoms with Crippen LogP contribution in [0.15, 0.2) is 52.9 Å². The van der Waals surface area contributed by atoms with Crippen molar-refractivity contribution in [1.82, 2.24) is 0 Å². The van der Waals surface area contributed by atoms with Gasteiger partial charge in [0, 0.05) is 21.1 Å². The van der Waals surface area contributed by atoms with Crippen molar-refractivity contribution in [2.24, 2.45) is 0 Å². The Morgan fingerprint density at radius 2 is 1.82 bits per heavy atom. The number of halogens is 2. The topological polar surface area (TPSA) is 66.1 Å². The number of nitrogens with one attached hydrogen (secondary N) is 2. The van der Waals surface area contributed by atoms with Gasteiger partial charge in [-0.15, -0.1) is 0 Å². The Kier molecular flexibility index (Phi) is 3.88. The molecule has 0 atom stereocenters. The zero-order valence-electron chi connectivity index (χ0n) is 11.2. The summed E-state index contributed by atoms with van der Waals surface area (Å²) in [4.78, 5) is 12.3. The second-order valence-electron chi connectivity index (χ2n) is 4.64. The number of carbonyl (C=O) groups excluding carboxylic acids is 1. The summed E-state index contributed by atoms with van der Waals surface area (Å²) >= 11 is 11.8. The van der Waals surface area contributed by atoms with Crippen LogP contribution in [0.2, 0.25) is 10.0 Å². The Balaban J connectivity index is 2.00. The molecule has 2 aromatic carbocycles. The molecular weight excluding hydrogens is 323 g/mol. The molecule has 1 aromatic heterocycles. The van der Waals surface area contributed by atoms with Crippen LogP contribution in [-0.4, -0.2) is 5.91 Å². The summed E-state index contributed by atoms with van der Waals surface area (Å²) in [7, 11) is 0. The van der Waals surface area contributed by atoms with E-state index >= 15 is 0 Å². The lowest BCUT2D eigenvalue weighted by molar-refractivity contribution is 0.102. The van der Waals surface area contributed by atoms with Crippen molar-refractivity contribution in [2.45, 2.75) is 0 Å². The molecule has 0 saturated heterocycles. The Hall–Kier alpha value is -2.30. The maximum atomic E-state index is 12.3. The van der Waals surface area contributed by atoms with E-state index in [1.807, 2.05) is 0 Å². The molecule has 0 fully saturated rings. The van der Waals surface area contributed by atoms with E-state index < -0.39 is 5.91 Å². The summed E-state index contributed by atoms with van der Waals surface area (Å²) in [6, 6.07) is 13.3. The molecule has 0 unspecified atom stereocenters. The number of benzene rings is 2. The fourth-order valence-electron chi connectivity index (χ4n) is 2.04. The number of amides is 1. The first-order chi connectivity index (χ1) is 10.5. The number of rotatable bonds is 2. The SMILES string of the molecule is N=c1oc2ccc(Cl)cc2cc1C(=O)Nc1cccc(Cl)c1. The molecule has 6 heteroatoms. The van der Waals surface area contributed by atoms with Gasteiger partial charge in [0.1, 0.15) is 11.1 Å². The molecule has 1 heterocycles. The zero-order valence-corrected chi connectivity index (χ0v) is 12.7. The minimum atomic E-state index is -0.446. The molecule has 110 valence electrons. The predicted molar refractivity (Wildman–Crippen MR) is 86.5 cm³/mol. The Morgan fingerprint density at radius 3 is 2.59 bits per heavy atom. The average molecular weight is 333 g/mol. The van der Waals surface area contributed by atoms with Crippen LogP contribution in [0.5, 0.6) is 0 Å². The highest BCUT2D eigenvalue weighted by atomic mass is 35.5. The molecule has 0 aliphatic carbocycles. The second kappa shape index (κ2) is 5.83. The van der Waals surface area contributed by atoms with Gasteiger partial charge in [-0.2, -0.15) is 0 Å². The monoisotopic (exact) mass is 332 g/mol. The molecule has 3 aromatic rings. The number of hydrogen-bond acceptors (Lipinski definition) is 3. The van der Waals surface area contributed by atoms with Gasteiger partial charge in [-0.1, -0.05) is 29.3 Å². The van der Waals surface area contributed by atoms with Crippen molar-refractivity contribution in [2.75, 3.05) is 5.32 Å². The lowest BCUT2D eigenvalue weighted by atomic mass is 10.1. The van der Waals surface area contributed by atoms with Gasteiger partial charge >= 0.3 is 0 Å². The smallest absolute Gasteiger partial charge is 0.261 e. The van der Waals surface area contributed by atoms with Crippen LogP contribution < -0.4 is 10.9 Å². The van der Waals surface area contributed by atoms with E-state index in [0.29, 0.717) is 26.7 Å². The van der Waals surface area contributed by atoms with Crippen molar-refractivity contribution < 1.29 is 9.21 Å². The largest absolute Gasteiger partial charge is 0.438 e. The number of carbonyl (C=O) groups is 1. The minimum Gasteiger partial charge on any atom is -0.438 e. The van der Waals surface area contributed by atoms with E-state index in [9.17, 15) is 4.79 Å². The van der Waals surface area contributed by atoms with Crippen molar-refractivity contribution in [3.8, 4) is 0 Å². The molecule has 0 aliphatic rings. The molecule has 0 saturated carbocycles.